The smallest absolute Gasteiger partial charge is 0.309 e. The van der Waals surface area contributed by atoms with Crippen molar-refractivity contribution in [1.29, 1.82) is 0 Å². The number of carboxylic acid groups (broad SMARTS) is 1. The van der Waals surface area contributed by atoms with Gasteiger partial charge in [-0.1, -0.05) is 43.5 Å². The van der Waals surface area contributed by atoms with Gasteiger partial charge in [0.25, 0.3) is 6.47 Å². The highest BCUT2D eigenvalue weighted by molar-refractivity contribution is 5.73. The number of unbranched alkanes of at least 4 members (excludes halogenated alkanes) is 4. The maximum atomic E-state index is 11.1. The second-order valence-electron chi connectivity index (χ2n) is 9.02. The Hall–Kier alpha value is -1.84. The Morgan fingerprint density at radius 3 is 2.00 bits per heavy atom. The summed E-state index contributed by atoms with van der Waals surface area (Å²) < 4.78 is 5.19. The second kappa shape index (κ2) is 10.6. The highest BCUT2D eigenvalue weighted by Gasteiger charge is 2.44. The van der Waals surface area contributed by atoms with Crippen LogP contribution in [0.2, 0.25) is 0 Å². The predicted molar refractivity (Wildman–Crippen MR) is 111 cm³/mol. The van der Waals surface area contributed by atoms with E-state index in [4.69, 9.17) is 9.84 Å². The lowest BCUT2D eigenvalue weighted by Gasteiger charge is -2.18. The monoisotopic (exact) mass is 388 g/mol. The van der Waals surface area contributed by atoms with E-state index >= 15 is 0 Å². The molecule has 1 aliphatic rings. The van der Waals surface area contributed by atoms with E-state index in [1.54, 1.807) is 13.8 Å². The molecule has 156 valence electrons. The molecule has 0 heterocycles. The Morgan fingerprint density at radius 1 is 1.00 bits per heavy atom. The van der Waals surface area contributed by atoms with Gasteiger partial charge < -0.3 is 9.84 Å². The fourth-order valence-corrected chi connectivity index (χ4v) is 3.67. The quantitative estimate of drug-likeness (QED) is 0.309. The van der Waals surface area contributed by atoms with Crippen molar-refractivity contribution in [3.05, 3.63) is 35.4 Å². The van der Waals surface area contributed by atoms with Crippen molar-refractivity contribution >= 4 is 12.4 Å². The van der Waals surface area contributed by atoms with Crippen molar-refractivity contribution < 1.29 is 19.4 Å². The number of carbonyl (C=O) groups excluding carboxylic acids is 1. The number of hydrogen-bond donors (Lipinski definition) is 1. The Bertz CT molecular complexity index is 614. The number of benzene rings is 1. The van der Waals surface area contributed by atoms with E-state index in [2.05, 4.69) is 24.3 Å². The first-order valence-corrected chi connectivity index (χ1v) is 10.8. The van der Waals surface area contributed by atoms with Crippen molar-refractivity contribution in [1.82, 2.24) is 0 Å². The van der Waals surface area contributed by atoms with E-state index in [0.29, 0.717) is 6.47 Å². The standard InChI is InChI=1S/C24H36O4/c1-23(2,22(26)27)15-7-3-5-9-20-11-13-21(14-12-20)10-6-4-8-16-24(17-18-24)28-19-25/h11-14,19H,3-10,15-18H2,1-2H3,(H,26,27). The van der Waals surface area contributed by atoms with E-state index in [1.165, 1.54) is 24.0 Å². The maximum Gasteiger partial charge on any atom is 0.309 e. The molecule has 0 unspecified atom stereocenters. The molecule has 1 aliphatic carbocycles. The zero-order chi connectivity index (χ0) is 20.5. The fraction of sp³-hybridized carbons (Fsp3) is 0.667. The Balaban J connectivity index is 1.55. The zero-order valence-electron chi connectivity index (χ0n) is 17.5. The number of aliphatic carboxylic acids is 1. The van der Waals surface area contributed by atoms with Crippen molar-refractivity contribution in [2.75, 3.05) is 0 Å². The summed E-state index contributed by atoms with van der Waals surface area (Å²) in [4.78, 5) is 21.6. The van der Waals surface area contributed by atoms with Gasteiger partial charge in [0.15, 0.2) is 0 Å². The summed E-state index contributed by atoms with van der Waals surface area (Å²) in [5, 5.41) is 9.14. The first-order valence-electron chi connectivity index (χ1n) is 10.8. The Kier molecular flexibility index (Phi) is 8.53. The number of ether oxygens (including phenoxy) is 1. The molecule has 1 saturated carbocycles. The lowest BCUT2D eigenvalue weighted by Crippen LogP contribution is -2.23. The van der Waals surface area contributed by atoms with Crippen LogP contribution in [0.3, 0.4) is 0 Å². The lowest BCUT2D eigenvalue weighted by molar-refractivity contribution is -0.147. The van der Waals surface area contributed by atoms with Crippen LogP contribution in [0.15, 0.2) is 24.3 Å². The molecule has 0 amide bonds. The molecule has 1 aromatic carbocycles. The molecule has 0 spiro atoms. The summed E-state index contributed by atoms with van der Waals surface area (Å²) in [6, 6.07) is 8.93. The molecule has 0 aromatic heterocycles. The molecular weight excluding hydrogens is 352 g/mol. The average molecular weight is 389 g/mol. The van der Waals surface area contributed by atoms with Crippen LogP contribution in [0.5, 0.6) is 0 Å². The van der Waals surface area contributed by atoms with Crippen molar-refractivity contribution in [2.45, 2.75) is 96.5 Å². The molecule has 4 heteroatoms. The summed E-state index contributed by atoms with van der Waals surface area (Å²) in [5.74, 6) is -0.704. The topological polar surface area (TPSA) is 63.6 Å². The van der Waals surface area contributed by atoms with Crippen molar-refractivity contribution in [3.8, 4) is 0 Å². The fourth-order valence-electron chi connectivity index (χ4n) is 3.67. The SMILES string of the molecule is CC(C)(CCCCCc1ccc(CCCCCC2(OC=O)CC2)cc1)C(=O)O. The predicted octanol–water partition coefficient (Wildman–Crippen LogP) is 5.71. The molecule has 0 radical (unpaired) electrons. The average Bonchev–Trinajstić information content (AvgIpc) is 3.42. The minimum absolute atomic E-state index is 0.104. The largest absolute Gasteiger partial charge is 0.481 e. The number of rotatable bonds is 15. The van der Waals surface area contributed by atoms with Crippen molar-refractivity contribution in [2.24, 2.45) is 5.41 Å². The van der Waals surface area contributed by atoms with Crippen LogP contribution in [0.1, 0.15) is 89.2 Å². The van der Waals surface area contributed by atoms with Gasteiger partial charge >= 0.3 is 5.97 Å². The summed E-state index contributed by atoms with van der Waals surface area (Å²) in [6.45, 7) is 4.21. The van der Waals surface area contributed by atoms with Crippen LogP contribution < -0.4 is 0 Å². The number of carboxylic acids is 1. The third-order valence-corrected chi connectivity index (χ3v) is 6.07. The molecule has 0 aliphatic heterocycles. The first kappa shape index (κ1) is 22.4. The van der Waals surface area contributed by atoms with Gasteiger partial charge in [0.1, 0.15) is 5.60 Å². The first-order chi connectivity index (χ1) is 13.4. The molecule has 1 fully saturated rings. The summed E-state index contributed by atoms with van der Waals surface area (Å²) in [6.07, 6.45) is 12.6. The minimum atomic E-state index is -0.704. The van der Waals surface area contributed by atoms with Crippen LogP contribution in [0.25, 0.3) is 0 Å². The molecule has 28 heavy (non-hydrogen) atoms. The molecule has 0 bridgehead atoms. The molecule has 4 nitrogen and oxygen atoms in total. The van der Waals surface area contributed by atoms with Gasteiger partial charge in [0.2, 0.25) is 0 Å². The molecule has 1 N–H and O–H groups in total. The highest BCUT2D eigenvalue weighted by Crippen LogP contribution is 2.43. The van der Waals surface area contributed by atoms with Gasteiger partial charge in [-0.3, -0.25) is 9.59 Å². The van der Waals surface area contributed by atoms with Crippen LogP contribution in [-0.4, -0.2) is 23.1 Å². The molecule has 2 rings (SSSR count). The van der Waals surface area contributed by atoms with Crippen LogP contribution in [-0.2, 0) is 27.2 Å². The van der Waals surface area contributed by atoms with E-state index in [9.17, 15) is 9.59 Å². The number of hydrogen-bond acceptors (Lipinski definition) is 3. The number of carbonyl (C=O) groups is 2. The van der Waals surface area contributed by atoms with E-state index in [1.807, 2.05) is 0 Å². The normalized spacial score (nSPS) is 15.2. The van der Waals surface area contributed by atoms with E-state index < -0.39 is 11.4 Å². The lowest BCUT2D eigenvalue weighted by atomic mass is 9.87. The second-order valence-corrected chi connectivity index (χ2v) is 9.02. The minimum Gasteiger partial charge on any atom is -0.481 e. The van der Waals surface area contributed by atoms with Crippen LogP contribution >= 0.6 is 0 Å². The third kappa shape index (κ3) is 7.65. The van der Waals surface area contributed by atoms with Crippen molar-refractivity contribution in [3.63, 3.8) is 0 Å². The van der Waals surface area contributed by atoms with Gasteiger partial charge in [0.05, 0.1) is 5.41 Å². The van der Waals surface area contributed by atoms with Gasteiger partial charge in [-0.05, 0) is 82.8 Å². The molecular formula is C24H36O4. The summed E-state index contributed by atoms with van der Waals surface area (Å²) >= 11 is 0. The molecule has 0 atom stereocenters. The summed E-state index contributed by atoms with van der Waals surface area (Å²) in [7, 11) is 0. The van der Waals surface area contributed by atoms with E-state index in [0.717, 1.165) is 64.2 Å². The third-order valence-electron chi connectivity index (χ3n) is 6.07. The summed E-state index contributed by atoms with van der Waals surface area (Å²) in [5.41, 5.74) is 2.04. The Labute approximate surface area is 169 Å². The molecule has 1 aromatic rings. The molecule has 0 saturated heterocycles. The maximum absolute atomic E-state index is 11.1. The van der Waals surface area contributed by atoms with E-state index in [-0.39, 0.29) is 5.60 Å². The van der Waals surface area contributed by atoms with Gasteiger partial charge in [-0.2, -0.15) is 0 Å². The zero-order valence-corrected chi connectivity index (χ0v) is 17.5. The van der Waals surface area contributed by atoms with Gasteiger partial charge in [-0.15, -0.1) is 0 Å². The number of aryl methyl sites for hydroxylation is 2. The van der Waals surface area contributed by atoms with Crippen LogP contribution in [0, 0.1) is 5.41 Å². The van der Waals surface area contributed by atoms with Gasteiger partial charge in [-0.25, -0.2) is 0 Å². The Morgan fingerprint density at radius 2 is 1.54 bits per heavy atom. The van der Waals surface area contributed by atoms with Gasteiger partial charge in [0, 0.05) is 0 Å². The highest BCUT2D eigenvalue weighted by atomic mass is 16.5. The van der Waals surface area contributed by atoms with Crippen LogP contribution in [0.4, 0.5) is 0 Å².